The van der Waals surface area contributed by atoms with Crippen LogP contribution in [0.3, 0.4) is 0 Å². The molecule has 0 bridgehead atoms. The van der Waals surface area contributed by atoms with Crippen molar-refractivity contribution in [3.05, 3.63) is 47.5 Å². The Labute approximate surface area is 208 Å². The second kappa shape index (κ2) is 21.4. The van der Waals surface area contributed by atoms with E-state index in [9.17, 15) is 9.59 Å². The predicted molar refractivity (Wildman–Crippen MR) is 141 cm³/mol. The molecule has 0 atom stereocenters. The highest BCUT2D eigenvalue weighted by atomic mass is 16.5. The molecule has 0 aliphatic rings. The number of ether oxygens (including phenoxy) is 2. The molecule has 0 heterocycles. The van der Waals surface area contributed by atoms with Crippen molar-refractivity contribution in [2.45, 2.75) is 117 Å². The van der Waals surface area contributed by atoms with Crippen molar-refractivity contribution in [3.63, 3.8) is 0 Å². The summed E-state index contributed by atoms with van der Waals surface area (Å²) < 4.78 is 10.7. The molecule has 0 unspecified atom stereocenters. The van der Waals surface area contributed by atoms with E-state index in [0.29, 0.717) is 19.6 Å². The first-order valence-corrected chi connectivity index (χ1v) is 13.8. The summed E-state index contributed by atoms with van der Waals surface area (Å²) in [6.45, 7) is 5.02. The first kappa shape index (κ1) is 29.9. The molecule has 0 radical (unpaired) electrons. The molecule has 4 nitrogen and oxygen atoms in total. The third kappa shape index (κ3) is 14.9. The van der Waals surface area contributed by atoms with Crippen LogP contribution in [0.1, 0.15) is 137 Å². The summed E-state index contributed by atoms with van der Waals surface area (Å²) in [5.41, 5.74) is 0.551. The molecule has 0 aromatic heterocycles. The average Bonchev–Trinajstić information content (AvgIpc) is 2.86. The maximum atomic E-state index is 12.5. The minimum Gasteiger partial charge on any atom is -0.462 e. The molecule has 0 spiro atoms. The van der Waals surface area contributed by atoms with Gasteiger partial charge >= 0.3 is 11.9 Å². The van der Waals surface area contributed by atoms with Crippen LogP contribution in [0.5, 0.6) is 0 Å². The van der Waals surface area contributed by atoms with Crippen molar-refractivity contribution in [2.24, 2.45) is 0 Å². The van der Waals surface area contributed by atoms with Gasteiger partial charge in [0.05, 0.1) is 24.3 Å². The molecule has 0 amide bonds. The van der Waals surface area contributed by atoms with Gasteiger partial charge in [-0.3, -0.25) is 0 Å². The Morgan fingerprint density at radius 2 is 1.06 bits per heavy atom. The quantitative estimate of drug-likeness (QED) is 0.102. The Kier molecular flexibility index (Phi) is 18.9. The van der Waals surface area contributed by atoms with Crippen LogP contribution in [0.25, 0.3) is 0 Å². The van der Waals surface area contributed by atoms with Gasteiger partial charge in [-0.2, -0.15) is 0 Å². The molecule has 0 saturated heterocycles. The highest BCUT2D eigenvalue weighted by Gasteiger charge is 2.18. The minimum absolute atomic E-state index is 0.271. The van der Waals surface area contributed by atoms with Gasteiger partial charge in [0.1, 0.15) is 0 Å². The van der Waals surface area contributed by atoms with E-state index in [1.165, 1.54) is 77.0 Å². The molecule has 1 aromatic rings. The Balaban J connectivity index is 2.11. The molecule has 0 fully saturated rings. The molecular weight excluding hydrogens is 424 g/mol. The first-order valence-electron chi connectivity index (χ1n) is 13.8. The van der Waals surface area contributed by atoms with Crippen molar-refractivity contribution < 1.29 is 19.1 Å². The summed E-state index contributed by atoms with van der Waals surface area (Å²) in [6, 6.07) is 6.72. The summed E-state index contributed by atoms with van der Waals surface area (Å²) in [4.78, 5) is 24.8. The third-order valence-corrected chi connectivity index (χ3v) is 6.02. The molecule has 0 N–H and O–H groups in total. The first-order chi connectivity index (χ1) is 16.7. The third-order valence-electron chi connectivity index (χ3n) is 6.02. The van der Waals surface area contributed by atoms with E-state index in [1.54, 1.807) is 24.3 Å². The van der Waals surface area contributed by atoms with Gasteiger partial charge in [-0.05, 0) is 31.4 Å². The van der Waals surface area contributed by atoms with Gasteiger partial charge in [0, 0.05) is 0 Å². The van der Waals surface area contributed by atoms with Crippen molar-refractivity contribution in [1.82, 2.24) is 0 Å². The lowest BCUT2D eigenvalue weighted by molar-refractivity contribution is 0.0457. The largest absolute Gasteiger partial charge is 0.462 e. The van der Waals surface area contributed by atoms with Crippen LogP contribution in [-0.4, -0.2) is 25.2 Å². The number of hydrogen-bond donors (Lipinski definition) is 0. The number of carbonyl (C=O) groups excluding carboxylic acids is 2. The van der Waals surface area contributed by atoms with Gasteiger partial charge in [-0.1, -0.05) is 122 Å². The van der Waals surface area contributed by atoms with E-state index in [1.807, 2.05) is 12.2 Å². The minimum atomic E-state index is -0.478. The van der Waals surface area contributed by atoms with Gasteiger partial charge in [0.2, 0.25) is 0 Å². The van der Waals surface area contributed by atoms with Crippen molar-refractivity contribution in [2.75, 3.05) is 13.2 Å². The zero-order valence-corrected chi connectivity index (χ0v) is 21.8. The molecule has 34 heavy (non-hydrogen) atoms. The highest BCUT2D eigenvalue weighted by molar-refractivity contribution is 6.03. The second-order valence-electron chi connectivity index (χ2n) is 9.08. The number of esters is 2. The van der Waals surface area contributed by atoms with E-state index >= 15 is 0 Å². The maximum absolute atomic E-state index is 12.5. The zero-order chi connectivity index (χ0) is 24.7. The van der Waals surface area contributed by atoms with Gasteiger partial charge in [0.25, 0.3) is 0 Å². The molecule has 1 aromatic carbocycles. The van der Waals surface area contributed by atoms with Crippen LogP contribution in [0, 0.1) is 0 Å². The zero-order valence-electron chi connectivity index (χ0n) is 21.8. The summed E-state index contributed by atoms with van der Waals surface area (Å²) in [6.07, 6.45) is 23.7. The molecule has 4 heteroatoms. The van der Waals surface area contributed by atoms with Crippen LogP contribution >= 0.6 is 0 Å². The summed E-state index contributed by atoms with van der Waals surface area (Å²) in [5.74, 6) is -0.929. The lowest BCUT2D eigenvalue weighted by Gasteiger charge is -2.09. The van der Waals surface area contributed by atoms with Crippen LogP contribution in [0.2, 0.25) is 0 Å². The fourth-order valence-electron chi connectivity index (χ4n) is 3.96. The number of benzene rings is 1. The molecule has 0 saturated carbocycles. The Morgan fingerprint density at radius 3 is 1.53 bits per heavy atom. The normalized spacial score (nSPS) is 11.1. The van der Waals surface area contributed by atoms with E-state index in [4.69, 9.17) is 9.47 Å². The summed E-state index contributed by atoms with van der Waals surface area (Å²) in [7, 11) is 0. The van der Waals surface area contributed by atoms with Gasteiger partial charge in [-0.15, -0.1) is 0 Å². The van der Waals surface area contributed by atoms with E-state index in [0.717, 1.165) is 19.3 Å². The van der Waals surface area contributed by atoms with Crippen LogP contribution in [0.4, 0.5) is 0 Å². The van der Waals surface area contributed by atoms with Gasteiger partial charge in [-0.25, -0.2) is 9.59 Å². The average molecular weight is 473 g/mol. The van der Waals surface area contributed by atoms with Crippen molar-refractivity contribution in [1.29, 1.82) is 0 Å². The number of allylic oxidation sites excluding steroid dienone is 1. The fraction of sp³-hybridized carbons (Fsp3) is 0.667. The summed E-state index contributed by atoms with van der Waals surface area (Å²) >= 11 is 0. The Morgan fingerprint density at radius 1 is 0.618 bits per heavy atom. The SMILES string of the molecule is CC/C=C/CCOC(=O)c1ccccc1C(=O)OCCCCCCCCCCCCCCCC. The molecule has 0 aliphatic carbocycles. The monoisotopic (exact) mass is 472 g/mol. The topological polar surface area (TPSA) is 52.6 Å². The molecule has 0 aliphatic heterocycles. The van der Waals surface area contributed by atoms with E-state index in [-0.39, 0.29) is 11.1 Å². The lowest BCUT2D eigenvalue weighted by atomic mass is 10.0. The number of rotatable bonds is 21. The fourth-order valence-corrected chi connectivity index (χ4v) is 3.96. The van der Waals surface area contributed by atoms with Gasteiger partial charge < -0.3 is 9.47 Å². The van der Waals surface area contributed by atoms with Crippen LogP contribution < -0.4 is 0 Å². The van der Waals surface area contributed by atoms with E-state index in [2.05, 4.69) is 13.8 Å². The number of unbranched alkanes of at least 4 members (excludes halogenated alkanes) is 13. The predicted octanol–water partition coefficient (Wildman–Crippen LogP) is 8.84. The van der Waals surface area contributed by atoms with Crippen LogP contribution in [-0.2, 0) is 9.47 Å². The Hall–Kier alpha value is -2.10. The summed E-state index contributed by atoms with van der Waals surface area (Å²) in [5, 5.41) is 0. The molecule has 1 rings (SSSR count). The smallest absolute Gasteiger partial charge is 0.339 e. The Bertz CT molecular complexity index is 680. The lowest BCUT2D eigenvalue weighted by Crippen LogP contribution is -2.14. The van der Waals surface area contributed by atoms with E-state index < -0.39 is 11.9 Å². The second-order valence-corrected chi connectivity index (χ2v) is 9.08. The van der Waals surface area contributed by atoms with Gasteiger partial charge in [0.15, 0.2) is 0 Å². The van der Waals surface area contributed by atoms with Crippen molar-refractivity contribution in [3.8, 4) is 0 Å². The molecule has 192 valence electrons. The maximum Gasteiger partial charge on any atom is 0.339 e. The number of hydrogen-bond acceptors (Lipinski definition) is 4. The number of carbonyl (C=O) groups is 2. The highest BCUT2D eigenvalue weighted by Crippen LogP contribution is 2.15. The van der Waals surface area contributed by atoms with Crippen LogP contribution in [0.15, 0.2) is 36.4 Å². The standard InChI is InChI=1S/C30H48O4/c1-3-5-7-9-10-11-12-13-14-15-16-17-18-22-26-34-30(32)28-24-20-19-23-27(28)29(31)33-25-21-8-6-4-2/h6,8,19-20,23-24H,3-5,7,9-18,21-22,25-26H2,1-2H3/b8-6+. The molecular formula is C30H48O4. The van der Waals surface area contributed by atoms with Crippen molar-refractivity contribution >= 4 is 11.9 Å².